The van der Waals surface area contributed by atoms with Crippen molar-refractivity contribution in [2.24, 2.45) is 56.7 Å². The van der Waals surface area contributed by atoms with Gasteiger partial charge in [0, 0.05) is 11.0 Å². The first-order valence-corrected chi connectivity index (χ1v) is 19.2. The molecule has 5 aliphatic carbocycles. The predicted molar refractivity (Wildman–Crippen MR) is 193 cm³/mol. The highest BCUT2D eigenvalue weighted by Crippen LogP contribution is 2.76. The molecule has 0 aromatic heterocycles. The number of fused-ring (bicyclic) bond motifs is 7. The summed E-state index contributed by atoms with van der Waals surface area (Å²) in [6.07, 6.45) is 10.9. The summed E-state index contributed by atoms with van der Waals surface area (Å²) in [6.45, 7) is 22.3. The zero-order valence-corrected chi connectivity index (χ0v) is 31.6. The van der Waals surface area contributed by atoms with Crippen molar-refractivity contribution in [2.75, 3.05) is 0 Å². The zero-order chi connectivity index (χ0) is 35.8. The van der Waals surface area contributed by atoms with Gasteiger partial charge in [-0.15, -0.1) is 0 Å². The Morgan fingerprint density at radius 3 is 2.22 bits per heavy atom. The number of benzene rings is 1. The fraction of sp³-hybridized carbons (Fsp3) is 0.744. The van der Waals surface area contributed by atoms with Gasteiger partial charge >= 0.3 is 11.9 Å². The van der Waals surface area contributed by atoms with Crippen LogP contribution in [0.4, 0.5) is 0 Å². The van der Waals surface area contributed by atoms with E-state index in [1.807, 2.05) is 18.2 Å². The molecule has 1 aromatic rings. The number of carboxylic acid groups (broad SMARTS) is 1. The molecule has 0 spiro atoms. The SMILES string of the molecule is C=C(C)[C@@H]1CC[C@]2(NC(=O)Cc3ccccc3)CC[C@]3(C)[C@H](CC[C@@H]4[C@@]5(C)CC[C@H](OC(=O)CC(C)(C)C(=O)O)C(C)(C)[C@@H]5CC[C@]43C)[C@@H]12. The first kappa shape index (κ1) is 36.2. The molecule has 0 radical (unpaired) electrons. The van der Waals surface area contributed by atoms with Crippen LogP contribution in [0.5, 0.6) is 0 Å². The number of aliphatic carboxylic acids is 1. The number of amides is 1. The first-order chi connectivity index (χ1) is 22.8. The molecule has 6 nitrogen and oxygen atoms in total. The summed E-state index contributed by atoms with van der Waals surface area (Å²) >= 11 is 0. The van der Waals surface area contributed by atoms with Crippen molar-refractivity contribution in [3.05, 3.63) is 48.0 Å². The number of rotatable bonds is 8. The molecular formula is C43H63NO5. The molecule has 5 aliphatic rings. The number of carboxylic acids is 1. The lowest BCUT2D eigenvalue weighted by Gasteiger charge is -2.73. The van der Waals surface area contributed by atoms with Gasteiger partial charge in [-0.3, -0.25) is 14.4 Å². The van der Waals surface area contributed by atoms with E-state index < -0.39 is 17.4 Å². The van der Waals surface area contributed by atoms with E-state index in [1.54, 1.807) is 13.8 Å². The van der Waals surface area contributed by atoms with Crippen LogP contribution < -0.4 is 5.32 Å². The zero-order valence-electron chi connectivity index (χ0n) is 31.6. The van der Waals surface area contributed by atoms with Crippen LogP contribution in [-0.4, -0.2) is 34.6 Å². The number of esters is 1. The summed E-state index contributed by atoms with van der Waals surface area (Å²) < 4.78 is 6.17. The first-order valence-electron chi connectivity index (χ1n) is 19.2. The highest BCUT2D eigenvalue weighted by Gasteiger charge is 2.71. The van der Waals surface area contributed by atoms with Gasteiger partial charge < -0.3 is 15.2 Å². The molecule has 0 aliphatic heterocycles. The average Bonchev–Trinajstić information content (AvgIpc) is 3.38. The minimum Gasteiger partial charge on any atom is -0.481 e. The molecule has 0 unspecified atom stereocenters. The van der Waals surface area contributed by atoms with E-state index in [0.29, 0.717) is 36.0 Å². The van der Waals surface area contributed by atoms with E-state index in [0.717, 1.165) is 50.5 Å². The maximum atomic E-state index is 13.7. The van der Waals surface area contributed by atoms with Gasteiger partial charge in [-0.2, -0.15) is 0 Å². The van der Waals surface area contributed by atoms with Crippen molar-refractivity contribution in [1.29, 1.82) is 0 Å². The standard InChI is InChI=1S/C43H63NO5/c1-27(2)29-17-22-43(44-34(45)25-28-13-11-10-12-14-28)24-23-41(8)30(36(29)43)15-16-32-40(7)20-19-33(49-35(46)26-38(3,4)37(47)48)39(5,6)31(40)18-21-42(32,41)9/h10-14,29-33,36H,1,15-26H2,2-9H3,(H,44,45)(H,47,48)/t29-,30+,31-,32+,33-,36+,40-,41+,42+,43-/m0/s1. The molecule has 5 saturated carbocycles. The minimum atomic E-state index is -1.14. The quantitative estimate of drug-likeness (QED) is 0.212. The Kier molecular flexibility index (Phi) is 9.05. The molecular weight excluding hydrogens is 610 g/mol. The minimum absolute atomic E-state index is 0.113. The summed E-state index contributed by atoms with van der Waals surface area (Å²) in [4.78, 5) is 38.5. The second-order valence-electron chi connectivity index (χ2n) is 19.3. The Hall–Kier alpha value is -2.63. The van der Waals surface area contributed by atoms with Crippen LogP contribution in [-0.2, 0) is 25.5 Å². The normalized spacial score (nSPS) is 40.9. The number of carbonyl (C=O) groups excluding carboxylic acids is 2. The number of hydrogen-bond acceptors (Lipinski definition) is 4. The van der Waals surface area contributed by atoms with E-state index in [9.17, 15) is 19.5 Å². The number of nitrogens with one attached hydrogen (secondary N) is 1. The maximum absolute atomic E-state index is 13.7. The fourth-order valence-corrected chi connectivity index (χ4v) is 13.3. The Labute approximate surface area is 295 Å². The van der Waals surface area contributed by atoms with Crippen LogP contribution in [0.3, 0.4) is 0 Å². The van der Waals surface area contributed by atoms with Gasteiger partial charge in [0.15, 0.2) is 0 Å². The van der Waals surface area contributed by atoms with Gasteiger partial charge in [0.05, 0.1) is 18.3 Å². The van der Waals surface area contributed by atoms with E-state index in [2.05, 4.69) is 65.6 Å². The van der Waals surface area contributed by atoms with Crippen LogP contribution in [0.25, 0.3) is 0 Å². The summed E-state index contributed by atoms with van der Waals surface area (Å²) in [6, 6.07) is 10.1. The van der Waals surface area contributed by atoms with Gasteiger partial charge in [0.2, 0.25) is 5.91 Å². The Bertz CT molecular complexity index is 1480. The molecule has 270 valence electrons. The van der Waals surface area contributed by atoms with Gasteiger partial charge in [-0.1, -0.05) is 77.1 Å². The second kappa shape index (κ2) is 12.3. The third kappa shape index (κ3) is 5.70. The lowest BCUT2D eigenvalue weighted by molar-refractivity contribution is -0.246. The molecule has 0 heterocycles. The Morgan fingerprint density at radius 2 is 1.57 bits per heavy atom. The summed E-state index contributed by atoms with van der Waals surface area (Å²) in [5.74, 6) is 1.16. The lowest BCUT2D eigenvalue weighted by atomic mass is 9.32. The Balaban J connectivity index is 1.25. The average molecular weight is 674 g/mol. The van der Waals surface area contributed by atoms with Crippen molar-refractivity contribution in [3.63, 3.8) is 0 Å². The van der Waals surface area contributed by atoms with Gasteiger partial charge in [-0.05, 0) is 136 Å². The Morgan fingerprint density at radius 1 is 0.878 bits per heavy atom. The molecule has 6 heteroatoms. The molecule has 0 saturated heterocycles. The van der Waals surface area contributed by atoms with Gasteiger partial charge in [0.1, 0.15) is 6.10 Å². The number of ether oxygens (including phenoxy) is 1. The van der Waals surface area contributed by atoms with Crippen LogP contribution in [0.15, 0.2) is 42.5 Å². The smallest absolute Gasteiger partial charge is 0.309 e. The number of carbonyl (C=O) groups is 3. The molecule has 6 rings (SSSR count). The van der Waals surface area contributed by atoms with E-state index >= 15 is 0 Å². The molecule has 49 heavy (non-hydrogen) atoms. The van der Waals surface area contributed by atoms with Crippen molar-refractivity contribution >= 4 is 17.8 Å². The number of allylic oxidation sites excluding steroid dienone is 1. The van der Waals surface area contributed by atoms with Crippen molar-refractivity contribution in [2.45, 2.75) is 144 Å². The molecule has 2 N–H and O–H groups in total. The largest absolute Gasteiger partial charge is 0.481 e. The fourth-order valence-electron chi connectivity index (χ4n) is 13.3. The molecule has 10 atom stereocenters. The molecule has 1 aromatic carbocycles. The van der Waals surface area contributed by atoms with Crippen molar-refractivity contribution < 1.29 is 24.2 Å². The lowest BCUT2D eigenvalue weighted by Crippen LogP contribution is -2.69. The van der Waals surface area contributed by atoms with Crippen molar-refractivity contribution in [3.8, 4) is 0 Å². The van der Waals surface area contributed by atoms with Crippen LogP contribution in [0.2, 0.25) is 0 Å². The van der Waals surface area contributed by atoms with Gasteiger partial charge in [0.25, 0.3) is 0 Å². The van der Waals surface area contributed by atoms with Crippen LogP contribution >= 0.6 is 0 Å². The highest BCUT2D eigenvalue weighted by atomic mass is 16.5. The third-order valence-corrected chi connectivity index (χ3v) is 16.0. The monoisotopic (exact) mass is 673 g/mol. The second-order valence-corrected chi connectivity index (χ2v) is 19.3. The molecule has 1 amide bonds. The van der Waals surface area contributed by atoms with Crippen molar-refractivity contribution in [1.82, 2.24) is 5.32 Å². The highest BCUT2D eigenvalue weighted by molar-refractivity contribution is 5.81. The predicted octanol–water partition coefficient (Wildman–Crippen LogP) is 9.17. The van der Waals surface area contributed by atoms with E-state index in [4.69, 9.17) is 4.74 Å². The molecule has 0 bridgehead atoms. The molecule has 5 fully saturated rings. The van der Waals surface area contributed by atoms with Crippen LogP contribution in [0.1, 0.15) is 132 Å². The summed E-state index contributed by atoms with van der Waals surface area (Å²) in [5.41, 5.74) is 1.31. The maximum Gasteiger partial charge on any atom is 0.309 e. The number of hydrogen-bond donors (Lipinski definition) is 2. The van der Waals surface area contributed by atoms with E-state index in [-0.39, 0.29) is 45.6 Å². The summed E-state index contributed by atoms with van der Waals surface area (Å²) in [7, 11) is 0. The van der Waals surface area contributed by atoms with E-state index in [1.165, 1.54) is 24.8 Å². The third-order valence-electron chi connectivity index (χ3n) is 16.0. The topological polar surface area (TPSA) is 92.7 Å². The van der Waals surface area contributed by atoms with Crippen LogP contribution in [0, 0.1) is 56.7 Å². The van der Waals surface area contributed by atoms with Gasteiger partial charge in [-0.25, -0.2) is 0 Å². The summed E-state index contributed by atoms with van der Waals surface area (Å²) in [5, 5.41) is 13.3.